The molecule has 1 aliphatic rings. The number of fused-ring (bicyclic) bond motifs is 1. The van der Waals surface area contributed by atoms with Crippen LogP contribution < -0.4 is 14.8 Å². The van der Waals surface area contributed by atoms with Crippen molar-refractivity contribution in [3.63, 3.8) is 0 Å². The molecule has 0 radical (unpaired) electrons. The molecule has 6 nitrogen and oxygen atoms in total. The number of thioether (sulfide) groups is 1. The number of esters is 1. The first-order chi connectivity index (χ1) is 14.5. The van der Waals surface area contributed by atoms with Crippen LogP contribution in [-0.2, 0) is 4.79 Å². The van der Waals surface area contributed by atoms with Gasteiger partial charge in [-0.25, -0.2) is 4.79 Å². The van der Waals surface area contributed by atoms with E-state index in [0.29, 0.717) is 28.4 Å². The average molecular weight is 419 g/mol. The van der Waals surface area contributed by atoms with Crippen LogP contribution in [0, 0.1) is 0 Å². The summed E-state index contributed by atoms with van der Waals surface area (Å²) < 4.78 is 11.3. The summed E-state index contributed by atoms with van der Waals surface area (Å²) in [6, 6.07) is 18.0. The Morgan fingerprint density at radius 1 is 1.03 bits per heavy atom. The summed E-state index contributed by atoms with van der Waals surface area (Å²) in [5, 5.41) is 3.56. The minimum Gasteiger partial charge on any atom is -0.490 e. The minimum atomic E-state index is -0.491. The van der Waals surface area contributed by atoms with Crippen molar-refractivity contribution in [2.75, 3.05) is 6.61 Å². The van der Waals surface area contributed by atoms with Gasteiger partial charge >= 0.3 is 5.97 Å². The number of hydrogen-bond acceptors (Lipinski definition) is 6. The first-order valence-corrected chi connectivity index (χ1v) is 10.1. The minimum absolute atomic E-state index is 0.275. The Kier molecular flexibility index (Phi) is 5.54. The molecule has 4 rings (SSSR count). The number of imide groups is 1. The predicted molar refractivity (Wildman–Crippen MR) is 116 cm³/mol. The summed E-state index contributed by atoms with van der Waals surface area (Å²) in [5.74, 6) is -0.281. The second kappa shape index (κ2) is 8.42. The fraction of sp³-hybridized carbons (Fsp3) is 0.0870. The van der Waals surface area contributed by atoms with Gasteiger partial charge in [0.1, 0.15) is 0 Å². The third-order valence-corrected chi connectivity index (χ3v) is 5.23. The molecular weight excluding hydrogens is 402 g/mol. The zero-order chi connectivity index (χ0) is 21.1. The van der Waals surface area contributed by atoms with E-state index in [0.717, 1.165) is 22.5 Å². The predicted octanol–water partition coefficient (Wildman–Crippen LogP) is 4.78. The highest BCUT2D eigenvalue weighted by molar-refractivity contribution is 8.18. The van der Waals surface area contributed by atoms with Crippen LogP contribution in [0.2, 0.25) is 0 Å². The molecule has 1 aliphatic heterocycles. The van der Waals surface area contributed by atoms with Crippen molar-refractivity contribution >= 4 is 45.7 Å². The highest BCUT2D eigenvalue weighted by atomic mass is 32.2. The number of carbonyl (C=O) groups excluding carboxylic acids is 3. The molecule has 1 saturated heterocycles. The monoisotopic (exact) mass is 419 g/mol. The Balaban J connectivity index is 1.63. The van der Waals surface area contributed by atoms with Crippen LogP contribution in [0.5, 0.6) is 11.5 Å². The summed E-state index contributed by atoms with van der Waals surface area (Å²) >= 11 is 0.836. The van der Waals surface area contributed by atoms with Gasteiger partial charge in [0.25, 0.3) is 11.1 Å². The lowest BCUT2D eigenvalue weighted by atomic mass is 10.0. The number of rotatable bonds is 5. The zero-order valence-corrected chi connectivity index (χ0v) is 16.8. The fourth-order valence-corrected chi connectivity index (χ4v) is 3.78. The number of carbonyl (C=O) groups is 3. The second-order valence-corrected chi connectivity index (χ2v) is 7.42. The molecule has 150 valence electrons. The molecule has 7 heteroatoms. The number of amides is 2. The molecule has 2 amide bonds. The van der Waals surface area contributed by atoms with Crippen LogP contribution in [0.25, 0.3) is 16.8 Å². The average Bonchev–Trinajstić information content (AvgIpc) is 3.06. The van der Waals surface area contributed by atoms with E-state index in [9.17, 15) is 14.4 Å². The Hall–Kier alpha value is -3.58. The molecule has 3 aromatic rings. The highest BCUT2D eigenvalue weighted by Gasteiger charge is 2.25. The van der Waals surface area contributed by atoms with Crippen LogP contribution in [0.4, 0.5) is 4.79 Å². The molecule has 0 atom stereocenters. The van der Waals surface area contributed by atoms with Crippen molar-refractivity contribution in [3.05, 3.63) is 76.7 Å². The van der Waals surface area contributed by atoms with Crippen LogP contribution in [0.1, 0.15) is 22.8 Å². The molecule has 0 spiro atoms. The molecule has 1 N–H and O–H groups in total. The normalized spacial score (nSPS) is 14.8. The molecule has 0 unspecified atom stereocenters. The van der Waals surface area contributed by atoms with E-state index >= 15 is 0 Å². The smallest absolute Gasteiger partial charge is 0.344 e. The summed E-state index contributed by atoms with van der Waals surface area (Å²) in [5.41, 5.74) is 1.11. The zero-order valence-electron chi connectivity index (χ0n) is 16.0. The van der Waals surface area contributed by atoms with Gasteiger partial charge in [0, 0.05) is 0 Å². The van der Waals surface area contributed by atoms with Gasteiger partial charge < -0.3 is 9.47 Å². The molecular formula is C23H17NO5S. The van der Waals surface area contributed by atoms with Crippen molar-refractivity contribution in [1.82, 2.24) is 5.32 Å². The van der Waals surface area contributed by atoms with Crippen LogP contribution in [0.15, 0.2) is 65.6 Å². The maximum absolute atomic E-state index is 12.8. The summed E-state index contributed by atoms with van der Waals surface area (Å²) in [7, 11) is 0. The van der Waals surface area contributed by atoms with E-state index in [1.54, 1.807) is 30.3 Å². The lowest BCUT2D eigenvalue weighted by Gasteiger charge is -2.12. The quantitative estimate of drug-likeness (QED) is 0.364. The first-order valence-electron chi connectivity index (χ1n) is 9.27. The lowest BCUT2D eigenvalue weighted by molar-refractivity contribution is -0.115. The molecule has 0 aromatic heterocycles. The topological polar surface area (TPSA) is 81.7 Å². The van der Waals surface area contributed by atoms with Crippen molar-refractivity contribution in [2.24, 2.45) is 0 Å². The molecule has 0 saturated carbocycles. The van der Waals surface area contributed by atoms with Gasteiger partial charge in [-0.15, -0.1) is 0 Å². The number of ether oxygens (including phenoxy) is 2. The highest BCUT2D eigenvalue weighted by Crippen LogP contribution is 2.32. The van der Waals surface area contributed by atoms with Gasteiger partial charge in [-0.3, -0.25) is 14.9 Å². The Labute approximate surface area is 176 Å². The summed E-state index contributed by atoms with van der Waals surface area (Å²) in [6.07, 6.45) is 1.59. The van der Waals surface area contributed by atoms with E-state index < -0.39 is 17.1 Å². The van der Waals surface area contributed by atoms with Gasteiger partial charge in [0.05, 0.1) is 17.1 Å². The SMILES string of the molecule is CCOc1cc(/C=C2\SC(=O)NC2=O)ccc1OC(=O)c1cccc2ccccc12. The van der Waals surface area contributed by atoms with Crippen LogP contribution in [-0.4, -0.2) is 23.7 Å². The largest absolute Gasteiger partial charge is 0.490 e. The molecule has 30 heavy (non-hydrogen) atoms. The number of hydrogen-bond donors (Lipinski definition) is 1. The number of benzene rings is 3. The Morgan fingerprint density at radius 2 is 1.83 bits per heavy atom. The summed E-state index contributed by atoms with van der Waals surface area (Å²) in [6.45, 7) is 2.19. The van der Waals surface area contributed by atoms with Gasteiger partial charge in [-0.1, -0.05) is 42.5 Å². The Morgan fingerprint density at radius 3 is 2.60 bits per heavy atom. The maximum atomic E-state index is 12.8. The Bertz CT molecular complexity index is 1200. The lowest BCUT2D eigenvalue weighted by Crippen LogP contribution is -2.17. The third-order valence-electron chi connectivity index (χ3n) is 4.42. The molecule has 3 aromatic carbocycles. The van der Waals surface area contributed by atoms with Crippen molar-refractivity contribution in [1.29, 1.82) is 0 Å². The van der Waals surface area contributed by atoms with E-state index in [-0.39, 0.29) is 5.75 Å². The van der Waals surface area contributed by atoms with Crippen LogP contribution in [0.3, 0.4) is 0 Å². The van der Waals surface area contributed by atoms with E-state index in [1.807, 2.05) is 43.3 Å². The fourth-order valence-electron chi connectivity index (χ4n) is 3.10. The maximum Gasteiger partial charge on any atom is 0.344 e. The standard InChI is InChI=1S/C23H17NO5S/c1-2-28-19-12-14(13-20-21(25)24-23(27)30-20)10-11-18(19)29-22(26)17-9-5-7-15-6-3-4-8-16(15)17/h3-13H,2H2,1H3,(H,24,25,27)/b20-13-. The van der Waals surface area contributed by atoms with E-state index in [2.05, 4.69) is 5.32 Å². The van der Waals surface area contributed by atoms with Gasteiger partial charge in [-0.2, -0.15) is 0 Å². The van der Waals surface area contributed by atoms with Crippen molar-refractivity contribution in [3.8, 4) is 11.5 Å². The van der Waals surface area contributed by atoms with Gasteiger partial charge in [0.2, 0.25) is 0 Å². The number of nitrogens with one attached hydrogen (secondary N) is 1. The molecule has 1 fully saturated rings. The molecule has 0 aliphatic carbocycles. The molecule has 1 heterocycles. The van der Waals surface area contributed by atoms with E-state index in [1.165, 1.54) is 0 Å². The second-order valence-electron chi connectivity index (χ2n) is 6.41. The van der Waals surface area contributed by atoms with Crippen molar-refractivity contribution < 1.29 is 23.9 Å². The van der Waals surface area contributed by atoms with Crippen LogP contribution >= 0.6 is 11.8 Å². The van der Waals surface area contributed by atoms with Gasteiger partial charge in [0.15, 0.2) is 11.5 Å². The molecule has 0 bridgehead atoms. The van der Waals surface area contributed by atoms with Gasteiger partial charge in [-0.05, 0) is 59.3 Å². The van der Waals surface area contributed by atoms with Crippen molar-refractivity contribution in [2.45, 2.75) is 6.92 Å². The van der Waals surface area contributed by atoms with E-state index in [4.69, 9.17) is 9.47 Å². The third kappa shape index (κ3) is 4.06. The first kappa shape index (κ1) is 19.7. The summed E-state index contributed by atoms with van der Waals surface area (Å²) in [4.78, 5) is 36.2.